The lowest BCUT2D eigenvalue weighted by molar-refractivity contribution is 0.0903. The summed E-state index contributed by atoms with van der Waals surface area (Å²) in [5.74, 6) is -0.367. The third-order valence-corrected chi connectivity index (χ3v) is 2.75. The number of amides is 1. The molecule has 0 radical (unpaired) electrons. The van der Waals surface area contributed by atoms with Gasteiger partial charge in [-0.2, -0.15) is 0 Å². The van der Waals surface area contributed by atoms with Crippen molar-refractivity contribution in [3.8, 4) is 0 Å². The molecule has 0 saturated heterocycles. The predicted molar refractivity (Wildman–Crippen MR) is 78.5 cm³/mol. The topological polar surface area (TPSA) is 46.6 Å². The highest BCUT2D eigenvalue weighted by Crippen LogP contribution is 2.11. The predicted octanol–water partition coefficient (Wildman–Crippen LogP) is 3.42. The van der Waals surface area contributed by atoms with Crippen molar-refractivity contribution < 1.29 is 14.3 Å². The van der Waals surface area contributed by atoms with E-state index in [0.29, 0.717) is 18.7 Å². The summed E-state index contributed by atoms with van der Waals surface area (Å²) in [5.41, 5.74) is 0.466. The monoisotopic (exact) mass is 273 g/mol. The van der Waals surface area contributed by atoms with Gasteiger partial charge in [0.1, 0.15) is 0 Å². The van der Waals surface area contributed by atoms with Gasteiger partial charge in [-0.1, -0.05) is 43.0 Å². The molecule has 0 saturated carbocycles. The fourth-order valence-electron chi connectivity index (χ4n) is 1.64. The largest absolute Gasteiger partial charge is 0.415 e. The molecule has 20 heavy (non-hydrogen) atoms. The van der Waals surface area contributed by atoms with E-state index in [9.17, 15) is 9.59 Å². The van der Waals surface area contributed by atoms with Crippen LogP contribution in [0.2, 0.25) is 0 Å². The number of carbonyl (C=O) groups excluding carboxylic acids is 2. The van der Waals surface area contributed by atoms with Gasteiger partial charge in [0.25, 0.3) is 0 Å². The molecule has 1 aromatic rings. The molecule has 0 N–H and O–H groups in total. The molecule has 0 aliphatic rings. The van der Waals surface area contributed by atoms with Crippen molar-refractivity contribution >= 4 is 11.9 Å². The molecule has 0 spiro atoms. The molecular formula is C16H19NO3. The second kappa shape index (κ2) is 7.94. The molecule has 106 valence electrons. The van der Waals surface area contributed by atoms with Crippen LogP contribution in [0.4, 0.5) is 4.79 Å². The van der Waals surface area contributed by atoms with Crippen molar-refractivity contribution in [3.63, 3.8) is 0 Å². The van der Waals surface area contributed by atoms with Gasteiger partial charge in [0.15, 0.2) is 5.76 Å². The Kier molecular flexibility index (Phi) is 6.23. The van der Waals surface area contributed by atoms with Gasteiger partial charge < -0.3 is 9.64 Å². The van der Waals surface area contributed by atoms with Crippen LogP contribution in [0.1, 0.15) is 24.2 Å². The summed E-state index contributed by atoms with van der Waals surface area (Å²) in [7, 11) is 0. The quantitative estimate of drug-likeness (QED) is 0.345. The minimum absolute atomic E-state index is 0.0249. The zero-order valence-corrected chi connectivity index (χ0v) is 11.8. The summed E-state index contributed by atoms with van der Waals surface area (Å²) in [5, 5.41) is 0. The third kappa shape index (κ3) is 4.09. The fraction of sp³-hybridized carbons (Fsp3) is 0.250. The van der Waals surface area contributed by atoms with Crippen LogP contribution in [-0.4, -0.2) is 29.9 Å². The first-order valence-corrected chi connectivity index (χ1v) is 6.53. The number of hydrogen-bond donors (Lipinski definition) is 0. The molecule has 0 aliphatic heterocycles. The summed E-state index contributed by atoms with van der Waals surface area (Å²) in [6.45, 7) is 8.28. The number of rotatable bonds is 6. The minimum atomic E-state index is -0.535. The third-order valence-electron chi connectivity index (χ3n) is 2.75. The fourth-order valence-corrected chi connectivity index (χ4v) is 1.64. The highest BCUT2D eigenvalue weighted by Gasteiger charge is 2.19. The number of hydrogen-bond acceptors (Lipinski definition) is 3. The van der Waals surface area contributed by atoms with Gasteiger partial charge in [-0.15, -0.1) is 0 Å². The first kappa shape index (κ1) is 15.7. The molecule has 1 aromatic carbocycles. The zero-order chi connectivity index (χ0) is 15.0. The molecule has 4 heteroatoms. The van der Waals surface area contributed by atoms with Gasteiger partial charge in [-0.05, 0) is 19.9 Å². The highest BCUT2D eigenvalue weighted by molar-refractivity contribution is 6.08. The second-order valence-electron chi connectivity index (χ2n) is 4.00. The Morgan fingerprint density at radius 1 is 1.20 bits per heavy atom. The number of ether oxygens (including phenoxy) is 1. The molecule has 0 unspecified atom stereocenters. The average Bonchev–Trinajstić information content (AvgIpc) is 2.48. The summed E-state index contributed by atoms with van der Waals surface area (Å²) in [6.07, 6.45) is 2.29. The number of nitrogens with zero attached hydrogens (tertiary/aromatic N) is 1. The summed E-state index contributed by atoms with van der Waals surface area (Å²) in [6, 6.07) is 8.67. The highest BCUT2D eigenvalue weighted by atomic mass is 16.6. The van der Waals surface area contributed by atoms with Crippen LogP contribution in [0.25, 0.3) is 0 Å². The van der Waals surface area contributed by atoms with Gasteiger partial charge in [-0.3, -0.25) is 4.79 Å². The van der Waals surface area contributed by atoms with Gasteiger partial charge in [0, 0.05) is 18.7 Å². The number of Topliss-reactive ketones (excluding diaryl/α,β-unsaturated/α-hetero) is 1. The van der Waals surface area contributed by atoms with E-state index in [0.717, 1.165) is 0 Å². The Morgan fingerprint density at radius 3 is 2.30 bits per heavy atom. The van der Waals surface area contributed by atoms with Crippen LogP contribution in [0.5, 0.6) is 0 Å². The van der Waals surface area contributed by atoms with Gasteiger partial charge >= 0.3 is 6.09 Å². The van der Waals surface area contributed by atoms with Crippen LogP contribution in [0.15, 0.2) is 54.8 Å². The molecule has 4 nitrogen and oxygen atoms in total. The lowest BCUT2D eigenvalue weighted by Gasteiger charge is -2.18. The van der Waals surface area contributed by atoms with E-state index in [1.54, 1.807) is 24.3 Å². The van der Waals surface area contributed by atoms with E-state index in [1.165, 1.54) is 17.1 Å². The summed E-state index contributed by atoms with van der Waals surface area (Å²) >= 11 is 0. The number of carbonyl (C=O) groups is 2. The van der Waals surface area contributed by atoms with Crippen LogP contribution in [0, 0.1) is 0 Å². The smallest absolute Gasteiger partial charge is 0.406 e. The van der Waals surface area contributed by atoms with Crippen molar-refractivity contribution in [1.82, 2.24) is 4.90 Å². The van der Waals surface area contributed by atoms with Crippen LogP contribution in [-0.2, 0) is 4.74 Å². The van der Waals surface area contributed by atoms with Gasteiger partial charge in [0.05, 0.1) is 0 Å². The van der Waals surface area contributed by atoms with E-state index in [1.807, 2.05) is 19.9 Å². The van der Waals surface area contributed by atoms with Gasteiger partial charge in [-0.25, -0.2) is 4.79 Å². The first-order chi connectivity index (χ1) is 9.63. The maximum atomic E-state index is 12.3. The molecule has 0 bridgehead atoms. The Hall–Kier alpha value is -2.36. The summed E-state index contributed by atoms with van der Waals surface area (Å²) < 4.78 is 5.18. The van der Waals surface area contributed by atoms with E-state index >= 15 is 0 Å². The lowest BCUT2D eigenvalue weighted by Crippen LogP contribution is -2.31. The molecule has 0 fully saturated rings. The van der Waals surface area contributed by atoms with Crippen LogP contribution >= 0.6 is 0 Å². The lowest BCUT2D eigenvalue weighted by atomic mass is 10.1. The standard InChI is InChI=1S/C16H19NO3/c1-4-10-14(20-16(19)17(5-2)6-3)15(18)13-11-8-7-9-12-13/h4,7-12H,1,5-6H2,2-3H3/b14-10+. The number of benzene rings is 1. The molecular weight excluding hydrogens is 254 g/mol. The SMILES string of the molecule is C=C/C=C(/OC(=O)N(CC)CC)C(=O)c1ccccc1. The van der Waals surface area contributed by atoms with E-state index < -0.39 is 6.09 Å². The van der Waals surface area contributed by atoms with E-state index in [2.05, 4.69) is 6.58 Å². The Balaban J connectivity index is 2.91. The first-order valence-electron chi connectivity index (χ1n) is 6.53. The Morgan fingerprint density at radius 2 is 1.80 bits per heavy atom. The van der Waals surface area contributed by atoms with E-state index in [-0.39, 0.29) is 11.5 Å². The summed E-state index contributed by atoms with van der Waals surface area (Å²) in [4.78, 5) is 25.7. The zero-order valence-electron chi connectivity index (χ0n) is 11.8. The molecule has 0 aliphatic carbocycles. The van der Waals surface area contributed by atoms with Crippen molar-refractivity contribution in [1.29, 1.82) is 0 Å². The van der Waals surface area contributed by atoms with Crippen LogP contribution < -0.4 is 0 Å². The van der Waals surface area contributed by atoms with Gasteiger partial charge in [0.2, 0.25) is 5.78 Å². The maximum absolute atomic E-state index is 12.3. The van der Waals surface area contributed by atoms with Crippen molar-refractivity contribution in [3.05, 3.63) is 60.4 Å². The maximum Gasteiger partial charge on any atom is 0.415 e. The van der Waals surface area contributed by atoms with E-state index in [4.69, 9.17) is 4.74 Å². The molecule has 1 rings (SSSR count). The van der Waals surface area contributed by atoms with Crippen LogP contribution in [0.3, 0.4) is 0 Å². The van der Waals surface area contributed by atoms with Crippen molar-refractivity contribution in [2.24, 2.45) is 0 Å². The second-order valence-corrected chi connectivity index (χ2v) is 4.00. The number of ketones is 1. The Labute approximate surface area is 119 Å². The Bertz CT molecular complexity index is 502. The van der Waals surface area contributed by atoms with Crippen molar-refractivity contribution in [2.75, 3.05) is 13.1 Å². The minimum Gasteiger partial charge on any atom is -0.406 e. The molecule has 0 atom stereocenters. The normalized spacial score (nSPS) is 10.8. The van der Waals surface area contributed by atoms with Crippen molar-refractivity contribution in [2.45, 2.75) is 13.8 Å². The molecule has 0 aromatic heterocycles. The average molecular weight is 273 g/mol. The number of allylic oxidation sites excluding steroid dienone is 3. The molecule has 0 heterocycles. The molecule has 1 amide bonds.